The highest BCUT2D eigenvalue weighted by atomic mass is 35.5. The Labute approximate surface area is 167 Å². The molecule has 0 bridgehead atoms. The van der Waals surface area contributed by atoms with Crippen LogP contribution in [-0.2, 0) is 19.6 Å². The Morgan fingerprint density at radius 2 is 1.79 bits per heavy atom. The lowest BCUT2D eigenvalue weighted by Crippen LogP contribution is -2.31. The van der Waals surface area contributed by atoms with Gasteiger partial charge in [-0.3, -0.25) is 14.3 Å². The Morgan fingerprint density at radius 1 is 1.11 bits per heavy atom. The maximum atomic E-state index is 12.6. The minimum absolute atomic E-state index is 0.0128. The first-order valence-electron chi connectivity index (χ1n) is 8.17. The third-order valence-electron chi connectivity index (χ3n) is 3.54. The van der Waals surface area contributed by atoms with Gasteiger partial charge in [0.2, 0.25) is 0 Å². The van der Waals surface area contributed by atoms with Crippen molar-refractivity contribution in [3.63, 3.8) is 0 Å². The van der Waals surface area contributed by atoms with Crippen molar-refractivity contribution in [2.24, 2.45) is 0 Å². The van der Waals surface area contributed by atoms with E-state index in [1.165, 1.54) is 49.6 Å². The molecule has 0 atom stereocenters. The average molecular weight is 427 g/mol. The van der Waals surface area contributed by atoms with Crippen LogP contribution in [0.3, 0.4) is 0 Å². The van der Waals surface area contributed by atoms with E-state index in [1.807, 2.05) is 0 Å². The number of benzene rings is 2. The van der Waals surface area contributed by atoms with E-state index in [0.29, 0.717) is 5.75 Å². The van der Waals surface area contributed by atoms with Crippen molar-refractivity contribution < 1.29 is 27.5 Å². The number of amides is 1. The molecule has 0 heterocycles. The molecule has 8 nitrogen and oxygen atoms in total. The number of halogens is 1. The summed E-state index contributed by atoms with van der Waals surface area (Å²) in [6, 6.07) is 9.86. The summed E-state index contributed by atoms with van der Waals surface area (Å²) in [5.74, 6) is -0.786. The van der Waals surface area contributed by atoms with Gasteiger partial charge < -0.3 is 14.8 Å². The highest BCUT2D eigenvalue weighted by molar-refractivity contribution is 7.92. The van der Waals surface area contributed by atoms with Crippen LogP contribution in [0.4, 0.5) is 5.69 Å². The quantitative estimate of drug-likeness (QED) is 0.627. The largest absolute Gasteiger partial charge is 0.497 e. The van der Waals surface area contributed by atoms with Crippen LogP contribution < -0.4 is 14.8 Å². The van der Waals surface area contributed by atoms with Gasteiger partial charge in [-0.2, -0.15) is 0 Å². The number of carbonyl (C=O) groups excluding carboxylic acids is 2. The lowest BCUT2D eigenvalue weighted by molar-refractivity contribution is -0.141. The molecule has 2 aromatic rings. The number of methoxy groups -OCH3 is 1. The molecule has 0 aromatic heterocycles. The van der Waals surface area contributed by atoms with Gasteiger partial charge >= 0.3 is 5.97 Å². The summed E-state index contributed by atoms with van der Waals surface area (Å²) in [4.78, 5) is 23.8. The fourth-order valence-corrected chi connectivity index (χ4v) is 3.46. The van der Waals surface area contributed by atoms with E-state index in [4.69, 9.17) is 21.1 Å². The first-order valence-corrected chi connectivity index (χ1v) is 10.0. The number of carbonyl (C=O) groups is 2. The summed E-state index contributed by atoms with van der Waals surface area (Å²) >= 11 is 5.93. The zero-order valence-corrected chi connectivity index (χ0v) is 16.8. The monoisotopic (exact) mass is 426 g/mol. The van der Waals surface area contributed by atoms with Crippen LogP contribution in [0.2, 0.25) is 5.02 Å². The van der Waals surface area contributed by atoms with Crippen molar-refractivity contribution in [2.45, 2.75) is 11.8 Å². The number of ether oxygens (including phenoxy) is 2. The van der Waals surface area contributed by atoms with Gasteiger partial charge in [0.15, 0.2) is 0 Å². The number of rotatable bonds is 8. The number of hydrogen-bond acceptors (Lipinski definition) is 6. The first-order chi connectivity index (χ1) is 13.3. The van der Waals surface area contributed by atoms with Crippen LogP contribution in [0.15, 0.2) is 47.4 Å². The molecule has 2 aromatic carbocycles. The van der Waals surface area contributed by atoms with Crippen LogP contribution in [0.5, 0.6) is 5.75 Å². The van der Waals surface area contributed by atoms with Gasteiger partial charge in [-0.15, -0.1) is 0 Å². The van der Waals surface area contributed by atoms with Gasteiger partial charge in [-0.05, 0) is 49.4 Å². The van der Waals surface area contributed by atoms with Crippen molar-refractivity contribution >= 4 is 39.2 Å². The molecule has 2 N–H and O–H groups in total. The van der Waals surface area contributed by atoms with Crippen LogP contribution >= 0.6 is 11.6 Å². The summed E-state index contributed by atoms with van der Waals surface area (Å²) in [6.45, 7) is 1.46. The molecule has 0 saturated heterocycles. The van der Waals surface area contributed by atoms with E-state index in [1.54, 1.807) is 6.92 Å². The minimum atomic E-state index is -3.97. The molecule has 2 rings (SSSR count). The molecule has 0 radical (unpaired) electrons. The van der Waals surface area contributed by atoms with Crippen molar-refractivity contribution in [3.8, 4) is 5.75 Å². The molecule has 0 unspecified atom stereocenters. The van der Waals surface area contributed by atoms with Crippen LogP contribution in [-0.4, -0.2) is 40.6 Å². The highest BCUT2D eigenvalue weighted by Gasteiger charge is 2.20. The average Bonchev–Trinajstić information content (AvgIpc) is 2.67. The standard InChI is InChI=1S/C18H19ClN2O6S/c1-3-27-17(22)11-20-18(23)15-10-12(19)4-9-16(15)21-28(24,25)14-7-5-13(26-2)6-8-14/h4-10,21H,3,11H2,1-2H3,(H,20,23). The molecule has 150 valence electrons. The third kappa shape index (κ3) is 5.61. The van der Waals surface area contributed by atoms with E-state index in [-0.39, 0.29) is 34.3 Å². The summed E-state index contributed by atoms with van der Waals surface area (Å²) in [6.07, 6.45) is 0. The molecule has 1 amide bonds. The van der Waals surface area contributed by atoms with E-state index in [0.717, 1.165) is 0 Å². The molecule has 0 aliphatic carbocycles. The Hall–Kier alpha value is -2.78. The number of sulfonamides is 1. The van der Waals surface area contributed by atoms with Gasteiger partial charge in [0, 0.05) is 5.02 Å². The normalized spacial score (nSPS) is 10.8. The molecule has 0 aliphatic heterocycles. The van der Waals surface area contributed by atoms with Crippen LogP contribution in [0.25, 0.3) is 0 Å². The van der Waals surface area contributed by atoms with Crippen LogP contribution in [0.1, 0.15) is 17.3 Å². The Bertz CT molecular complexity index is 961. The fourth-order valence-electron chi connectivity index (χ4n) is 2.21. The molecule has 10 heteroatoms. The van der Waals surface area contributed by atoms with Gasteiger partial charge in [0.05, 0.1) is 29.9 Å². The lowest BCUT2D eigenvalue weighted by Gasteiger charge is -2.13. The van der Waals surface area contributed by atoms with Crippen LogP contribution in [0, 0.1) is 0 Å². The second kappa shape index (κ2) is 9.43. The van der Waals surface area contributed by atoms with Crippen molar-refractivity contribution in [2.75, 3.05) is 25.0 Å². The maximum Gasteiger partial charge on any atom is 0.325 e. The summed E-state index contributed by atoms with van der Waals surface area (Å²) in [5.41, 5.74) is -0.0181. The Morgan fingerprint density at radius 3 is 2.39 bits per heavy atom. The zero-order valence-electron chi connectivity index (χ0n) is 15.2. The molecular formula is C18H19ClN2O6S. The lowest BCUT2D eigenvalue weighted by atomic mass is 10.1. The fraction of sp³-hybridized carbons (Fsp3) is 0.222. The molecule has 0 saturated carbocycles. The van der Waals surface area contributed by atoms with Gasteiger partial charge in [0.25, 0.3) is 15.9 Å². The maximum absolute atomic E-state index is 12.6. The third-order valence-corrected chi connectivity index (χ3v) is 5.16. The summed E-state index contributed by atoms with van der Waals surface area (Å²) in [5, 5.41) is 2.60. The minimum Gasteiger partial charge on any atom is -0.497 e. The smallest absolute Gasteiger partial charge is 0.325 e. The Balaban J connectivity index is 2.25. The van der Waals surface area contributed by atoms with E-state index in [9.17, 15) is 18.0 Å². The SMILES string of the molecule is CCOC(=O)CNC(=O)c1cc(Cl)ccc1NS(=O)(=O)c1ccc(OC)cc1. The van der Waals surface area contributed by atoms with E-state index >= 15 is 0 Å². The van der Waals surface area contributed by atoms with Gasteiger partial charge in [-0.25, -0.2) is 8.42 Å². The number of esters is 1. The van der Waals surface area contributed by atoms with Gasteiger partial charge in [-0.1, -0.05) is 11.6 Å². The first kappa shape index (κ1) is 21.5. The molecule has 0 aliphatic rings. The highest BCUT2D eigenvalue weighted by Crippen LogP contribution is 2.24. The molecule has 28 heavy (non-hydrogen) atoms. The van der Waals surface area contributed by atoms with Crippen molar-refractivity contribution in [1.82, 2.24) is 5.32 Å². The predicted molar refractivity (Wildman–Crippen MR) is 104 cm³/mol. The molecular weight excluding hydrogens is 408 g/mol. The summed E-state index contributed by atoms with van der Waals surface area (Å²) < 4.78 is 37.3. The Kier molecular flexibility index (Phi) is 7.24. The number of nitrogens with one attached hydrogen (secondary N) is 2. The van der Waals surface area contributed by atoms with Crippen molar-refractivity contribution in [3.05, 3.63) is 53.1 Å². The zero-order chi connectivity index (χ0) is 20.7. The predicted octanol–water partition coefficient (Wildman–Crippen LogP) is 2.44. The van der Waals surface area contributed by atoms with E-state index < -0.39 is 21.9 Å². The second-order valence-electron chi connectivity index (χ2n) is 5.46. The van der Waals surface area contributed by atoms with Crippen molar-refractivity contribution in [1.29, 1.82) is 0 Å². The van der Waals surface area contributed by atoms with Gasteiger partial charge in [0.1, 0.15) is 12.3 Å². The number of anilines is 1. The second-order valence-corrected chi connectivity index (χ2v) is 7.58. The molecule has 0 fully saturated rings. The number of hydrogen-bond donors (Lipinski definition) is 2. The van der Waals surface area contributed by atoms with E-state index in [2.05, 4.69) is 10.0 Å². The topological polar surface area (TPSA) is 111 Å². The summed E-state index contributed by atoms with van der Waals surface area (Å²) in [7, 11) is -2.50. The molecule has 0 spiro atoms.